The molecule has 4 saturated carbocycles. The third kappa shape index (κ3) is 16.8. The fourth-order valence-electron chi connectivity index (χ4n) is 12.3. The van der Waals surface area contributed by atoms with Crippen LogP contribution in [0, 0.1) is 84.9 Å². The van der Waals surface area contributed by atoms with Gasteiger partial charge in [0.1, 0.15) is 0 Å². The molecule has 2 unspecified atom stereocenters. The Morgan fingerprint density at radius 2 is 0.827 bits per heavy atom. The molecule has 10 nitrogen and oxygen atoms in total. The van der Waals surface area contributed by atoms with E-state index in [9.17, 15) is 16.8 Å². The molecule has 7 rings (SSSR count). The zero-order chi connectivity index (χ0) is 54.9. The van der Waals surface area contributed by atoms with E-state index in [4.69, 9.17) is 23.8 Å². The predicted octanol–water partition coefficient (Wildman–Crippen LogP) is 16.9. The highest BCUT2D eigenvalue weighted by Gasteiger charge is 2.46. The van der Waals surface area contributed by atoms with E-state index >= 15 is 0 Å². The van der Waals surface area contributed by atoms with E-state index in [1.54, 1.807) is 24.3 Å². The first kappa shape index (κ1) is 62.2. The number of sulfonamides is 1. The third-order valence-electron chi connectivity index (χ3n) is 17.4. The number of anilines is 1. The molecule has 0 heterocycles. The van der Waals surface area contributed by atoms with Crippen LogP contribution in [0.25, 0.3) is 0 Å². The van der Waals surface area contributed by atoms with Crippen LogP contribution in [0.3, 0.4) is 0 Å². The minimum absolute atomic E-state index is 0.0674. The van der Waals surface area contributed by atoms with Gasteiger partial charge in [0.05, 0.1) is 34.2 Å². The number of nitrogens with zero attached hydrogens (tertiary/aromatic N) is 1. The molecule has 0 spiro atoms. The Morgan fingerprint density at radius 3 is 1.17 bits per heavy atom. The number of benzene rings is 3. The van der Waals surface area contributed by atoms with Crippen molar-refractivity contribution in [2.24, 2.45) is 71.0 Å². The van der Waals surface area contributed by atoms with Crippen molar-refractivity contribution in [2.45, 2.75) is 215 Å². The summed E-state index contributed by atoms with van der Waals surface area (Å²) in [6.45, 7) is 31.0. The highest BCUT2D eigenvalue weighted by Crippen LogP contribution is 2.58. The lowest BCUT2D eigenvalue weighted by Gasteiger charge is -2.43. The van der Waals surface area contributed by atoms with E-state index in [2.05, 4.69) is 83.1 Å². The Kier molecular flexibility index (Phi) is 23.2. The molecule has 0 aliphatic heterocycles. The van der Waals surface area contributed by atoms with Crippen LogP contribution in [-0.2, 0) is 44.1 Å². The largest absolute Gasteiger partial charge is 0.398 e. The first-order chi connectivity index (χ1) is 35.3. The van der Waals surface area contributed by atoms with Crippen molar-refractivity contribution in [2.75, 3.05) is 5.73 Å². The van der Waals surface area contributed by atoms with Crippen molar-refractivity contribution >= 4 is 41.3 Å². The zero-order valence-corrected chi connectivity index (χ0v) is 51.8. The summed E-state index contributed by atoms with van der Waals surface area (Å²) in [5.74, 6) is 5.36. The van der Waals surface area contributed by atoms with Crippen molar-refractivity contribution in [3.05, 3.63) is 89.5 Å². The molecule has 3 aromatic carbocycles. The summed E-state index contributed by atoms with van der Waals surface area (Å²) in [6.07, 6.45) is 12.4. The van der Waals surface area contributed by atoms with Crippen molar-refractivity contribution in [3.8, 4) is 0 Å². The smallest absolute Gasteiger partial charge is 0.307 e. The van der Waals surface area contributed by atoms with E-state index in [1.165, 1.54) is 29.8 Å². The van der Waals surface area contributed by atoms with Gasteiger partial charge in [0.25, 0.3) is 8.53 Å². The summed E-state index contributed by atoms with van der Waals surface area (Å²) in [5.41, 5.74) is 9.77. The molecule has 0 bridgehead atoms. The fraction of sp³-hybridized carbons (Fsp3) is 0.705. The van der Waals surface area contributed by atoms with Crippen molar-refractivity contribution < 1.29 is 34.9 Å². The summed E-state index contributed by atoms with van der Waals surface area (Å²) < 4.78 is 85.8. The van der Waals surface area contributed by atoms with Gasteiger partial charge >= 0.3 is 7.58 Å². The van der Waals surface area contributed by atoms with Crippen LogP contribution in [0.4, 0.5) is 5.69 Å². The Balaban J connectivity index is 0.000000251. The maximum Gasteiger partial charge on any atom is 0.307 e. The van der Waals surface area contributed by atoms with Gasteiger partial charge in [-0.15, -0.1) is 4.08 Å². The normalized spacial score (nSPS) is 29.5. The molecule has 13 atom stereocenters. The van der Waals surface area contributed by atoms with Gasteiger partial charge in [-0.3, -0.25) is 0 Å². The fourth-order valence-corrected chi connectivity index (χ4v) is 20.2. The SMILES string of the molecule is Cc1ccc(S(=O)(=O)N(Cc2ccccc2N)P(O[C@@H]2C[C@H](C)CC[C@H]2C(C)C)O[C@@H]2C[C@H](C)CC[C@H]2C(C)C)cc1.Cc1ccc(S(=O)(=O)P(O[C@@H]2C[C@H](C)CCC2C(C)C)O[C@@H]2C[C@H](C)CC[C@H]2C(C)C)cc1. The van der Waals surface area contributed by atoms with Crippen LogP contribution in [-0.4, -0.2) is 45.3 Å². The summed E-state index contributed by atoms with van der Waals surface area (Å²) in [7, 11) is -11.8. The maximum absolute atomic E-state index is 14.6. The quantitative estimate of drug-likeness (QED) is 0.0919. The topological polar surface area (TPSA) is 134 Å². The second-order valence-electron chi connectivity index (χ2n) is 25.1. The highest BCUT2D eigenvalue weighted by molar-refractivity contribution is 8.47. The monoisotopic (exact) mass is 1110 g/mol. The van der Waals surface area contributed by atoms with Gasteiger partial charge in [-0.2, -0.15) is 0 Å². The van der Waals surface area contributed by atoms with Crippen LogP contribution in [0.2, 0.25) is 0 Å². The molecule has 2 N–H and O–H groups in total. The predicted molar refractivity (Wildman–Crippen MR) is 312 cm³/mol. The number of aryl methyl sites for hydroxylation is 2. The molecule has 0 aromatic heterocycles. The lowest BCUT2D eigenvalue weighted by Crippen LogP contribution is -2.39. The number of hydrogen-bond acceptors (Lipinski definition) is 9. The number of rotatable bonds is 19. The number of nitrogens with two attached hydrogens (primary N) is 1. The van der Waals surface area contributed by atoms with Gasteiger partial charge in [0.15, 0.2) is 0 Å². The summed E-state index contributed by atoms with van der Waals surface area (Å²) in [5, 5.41) is 0. The lowest BCUT2D eigenvalue weighted by molar-refractivity contribution is 0.00326. The molecule has 0 radical (unpaired) electrons. The summed E-state index contributed by atoms with van der Waals surface area (Å²) in [4.78, 5) is 0.561. The van der Waals surface area contributed by atoms with Crippen LogP contribution < -0.4 is 5.73 Å². The molecule has 4 fully saturated rings. The van der Waals surface area contributed by atoms with Crippen molar-refractivity contribution in [3.63, 3.8) is 0 Å². The number of hydrogen-bond donors (Lipinski definition) is 1. The van der Waals surface area contributed by atoms with Crippen LogP contribution in [0.1, 0.15) is 177 Å². The first-order valence-corrected chi connectivity index (χ1v) is 34.7. The van der Waals surface area contributed by atoms with Crippen LogP contribution in [0.5, 0.6) is 0 Å². The third-order valence-corrected chi connectivity index (χ3v) is 25.9. The minimum Gasteiger partial charge on any atom is -0.398 e. The molecular formula is C61H98N2O8P2S2. The molecule has 4 aliphatic rings. The van der Waals surface area contributed by atoms with Gasteiger partial charge < -0.3 is 23.8 Å². The Hall–Kier alpha value is -1.98. The molecule has 14 heteroatoms. The highest BCUT2D eigenvalue weighted by atomic mass is 32.8. The van der Waals surface area contributed by atoms with Gasteiger partial charge in [-0.05, 0) is 172 Å². The molecule has 4 aliphatic carbocycles. The molecule has 422 valence electrons. The minimum atomic E-state index is -3.98. The zero-order valence-electron chi connectivity index (χ0n) is 48.4. The molecule has 0 saturated heterocycles. The van der Waals surface area contributed by atoms with Crippen molar-refractivity contribution in [1.29, 1.82) is 0 Å². The van der Waals surface area contributed by atoms with E-state index in [0.717, 1.165) is 68.1 Å². The Labute approximate surface area is 458 Å². The van der Waals surface area contributed by atoms with Crippen LogP contribution in [0.15, 0.2) is 82.6 Å². The lowest BCUT2D eigenvalue weighted by atomic mass is 9.75. The number of nitrogen functional groups attached to an aromatic ring is 1. The van der Waals surface area contributed by atoms with E-state index in [0.29, 0.717) is 81.6 Å². The van der Waals surface area contributed by atoms with Gasteiger partial charge in [-0.25, -0.2) is 16.8 Å². The van der Waals surface area contributed by atoms with Gasteiger partial charge in [0.2, 0.25) is 19.5 Å². The summed E-state index contributed by atoms with van der Waals surface area (Å²) in [6, 6.07) is 21.7. The van der Waals surface area contributed by atoms with Gasteiger partial charge in [-0.1, -0.05) is 162 Å². The molecule has 3 aromatic rings. The van der Waals surface area contributed by atoms with Crippen LogP contribution >= 0.6 is 16.1 Å². The second-order valence-corrected chi connectivity index (χ2v) is 33.3. The maximum atomic E-state index is 14.6. The molecular weight excluding hydrogens is 1010 g/mol. The summed E-state index contributed by atoms with van der Waals surface area (Å²) >= 11 is 0. The standard InChI is InChI=1S/C34H53N2O4PS.C27H45O4PS/c1-23(2)30-18-14-26(6)20-33(30)39-41(40-34-21-27(7)15-19-31(34)24(3)4)36(22-28-10-8-9-11-32(28)35)42(37,38)29-16-12-25(5)13-17-29;1-18(2)24-14-10-21(6)16-26(24)30-32(33(28,29)23-12-8-20(5)9-13-23)31-27-17-22(7)11-15-25(27)19(3)4/h8-13,16-17,23-24,26-27,30-31,33-34H,14-15,18-22,35H2,1-7H3;8-9,12-13,18-19,21-22,24-27H,10-11,14-17H2,1-7H3/t26-,27-,30+,31+,33-,34-;21-,22-,24+,25?,26-,27-,32?/m11/s1. The Bertz CT molecular complexity index is 2370. The van der Waals surface area contributed by atoms with Crippen molar-refractivity contribution in [1.82, 2.24) is 4.08 Å². The van der Waals surface area contributed by atoms with E-state index in [-0.39, 0.29) is 35.9 Å². The Morgan fingerprint density at radius 1 is 0.493 bits per heavy atom. The second kappa shape index (κ2) is 27.9. The average molecular weight is 1110 g/mol. The molecule has 0 amide bonds. The number of para-hydroxylation sites is 1. The average Bonchev–Trinajstić information content (AvgIpc) is 3.33. The molecule has 75 heavy (non-hydrogen) atoms. The van der Waals surface area contributed by atoms with E-state index in [1.807, 2.05) is 62.4 Å². The van der Waals surface area contributed by atoms with Gasteiger partial charge in [0, 0.05) is 12.2 Å². The first-order valence-electron chi connectivity index (χ1n) is 28.9. The van der Waals surface area contributed by atoms with E-state index < -0.39 is 35.6 Å².